The van der Waals surface area contributed by atoms with Crippen molar-refractivity contribution in [2.24, 2.45) is 0 Å². The van der Waals surface area contributed by atoms with Gasteiger partial charge in [0, 0.05) is 0 Å². The third-order valence-electron chi connectivity index (χ3n) is 2.94. The van der Waals surface area contributed by atoms with Crippen LogP contribution in [-0.4, -0.2) is 77.0 Å². The normalized spacial score (nSPS) is 14.1. The van der Waals surface area contributed by atoms with Crippen LogP contribution in [0.1, 0.15) is 19.8 Å². The van der Waals surface area contributed by atoms with Gasteiger partial charge in [-0.1, -0.05) is 13.3 Å². The number of aliphatic hydroxyl groups excluding tert-OH is 4. The van der Waals surface area contributed by atoms with Crippen LogP contribution in [0.3, 0.4) is 0 Å². The maximum absolute atomic E-state index is 9.52. The number of hydrogen-bond donors (Lipinski definition) is 4. The highest BCUT2D eigenvalue weighted by Crippen LogP contribution is 2.11. The van der Waals surface area contributed by atoms with E-state index in [1.165, 1.54) is 0 Å². The van der Waals surface area contributed by atoms with Gasteiger partial charge in [-0.25, -0.2) is 0 Å². The molecule has 0 saturated carbocycles. The first-order chi connectivity index (χ1) is 7.64. The van der Waals surface area contributed by atoms with E-state index in [2.05, 4.69) is 6.92 Å². The number of hydrogen-bond acceptors (Lipinski definition) is 4. The fourth-order valence-electron chi connectivity index (χ4n) is 2.03. The molecular weight excluding hydrogens is 210 g/mol. The Morgan fingerprint density at radius 3 is 1.94 bits per heavy atom. The third-order valence-corrected chi connectivity index (χ3v) is 2.94. The first-order valence-corrected chi connectivity index (χ1v) is 6.00. The van der Waals surface area contributed by atoms with Gasteiger partial charge in [0.2, 0.25) is 0 Å². The van der Waals surface area contributed by atoms with Crippen molar-refractivity contribution >= 4 is 0 Å². The lowest BCUT2D eigenvalue weighted by Gasteiger charge is -2.39. The van der Waals surface area contributed by atoms with Crippen LogP contribution >= 0.6 is 0 Å². The molecule has 0 amide bonds. The zero-order valence-electron chi connectivity index (χ0n) is 10.2. The molecule has 0 aliphatic rings. The highest BCUT2D eigenvalue weighted by molar-refractivity contribution is 4.55. The summed E-state index contributed by atoms with van der Waals surface area (Å²) in [7, 11) is 0. The Morgan fingerprint density at radius 2 is 1.56 bits per heavy atom. The molecule has 1 unspecified atom stereocenters. The van der Waals surface area contributed by atoms with Crippen LogP contribution in [-0.2, 0) is 0 Å². The Bertz CT molecular complexity index is 160. The number of aliphatic hydroxyl groups is 4. The van der Waals surface area contributed by atoms with Crippen molar-refractivity contribution in [1.29, 1.82) is 0 Å². The zero-order valence-corrected chi connectivity index (χ0v) is 10.2. The second-order valence-corrected chi connectivity index (χ2v) is 4.33. The maximum Gasteiger partial charge on any atom is 0.126 e. The predicted octanol–water partition coefficient (Wildman–Crippen LogP) is -1.06. The van der Waals surface area contributed by atoms with Gasteiger partial charge in [-0.05, 0) is 6.42 Å². The van der Waals surface area contributed by atoms with Crippen LogP contribution in [0.25, 0.3) is 0 Å². The van der Waals surface area contributed by atoms with E-state index in [1.807, 2.05) is 0 Å². The summed E-state index contributed by atoms with van der Waals surface area (Å²) in [5.74, 6) is 0. The minimum atomic E-state index is -0.782. The molecule has 5 heteroatoms. The highest BCUT2D eigenvalue weighted by Gasteiger charge is 2.28. The van der Waals surface area contributed by atoms with Crippen molar-refractivity contribution in [3.8, 4) is 0 Å². The maximum atomic E-state index is 9.52. The molecular formula is C11H26NO4+. The average molecular weight is 236 g/mol. The molecule has 0 saturated heterocycles. The number of nitrogens with zero attached hydrogens (tertiary/aromatic N) is 1. The van der Waals surface area contributed by atoms with Gasteiger partial charge in [-0.3, -0.25) is 0 Å². The summed E-state index contributed by atoms with van der Waals surface area (Å²) in [6.45, 7) is 4.09. The fraction of sp³-hybridized carbons (Fsp3) is 1.00. The molecule has 0 radical (unpaired) electrons. The lowest BCUT2D eigenvalue weighted by Crippen LogP contribution is -2.56. The van der Waals surface area contributed by atoms with Crippen molar-refractivity contribution in [3.63, 3.8) is 0 Å². The molecule has 4 N–H and O–H groups in total. The minimum absolute atomic E-state index is 0.0296. The van der Waals surface area contributed by atoms with Crippen molar-refractivity contribution in [3.05, 3.63) is 0 Å². The van der Waals surface area contributed by atoms with E-state index in [9.17, 15) is 5.11 Å². The second kappa shape index (κ2) is 8.90. The molecule has 0 aromatic carbocycles. The van der Waals surface area contributed by atoms with Crippen LogP contribution in [0, 0.1) is 0 Å². The summed E-state index contributed by atoms with van der Waals surface area (Å²) in [5, 5.41) is 36.5. The lowest BCUT2D eigenvalue weighted by molar-refractivity contribution is -0.931. The molecule has 98 valence electrons. The number of rotatable bonds is 10. The first kappa shape index (κ1) is 15.8. The van der Waals surface area contributed by atoms with Gasteiger partial charge in [-0.15, -0.1) is 0 Å². The van der Waals surface area contributed by atoms with Crippen molar-refractivity contribution < 1.29 is 24.9 Å². The van der Waals surface area contributed by atoms with E-state index in [0.717, 1.165) is 19.4 Å². The van der Waals surface area contributed by atoms with Gasteiger partial charge in [0.05, 0.1) is 26.4 Å². The van der Waals surface area contributed by atoms with Crippen LogP contribution in [0.4, 0.5) is 0 Å². The van der Waals surface area contributed by atoms with E-state index >= 15 is 0 Å². The smallest absolute Gasteiger partial charge is 0.126 e. The monoisotopic (exact) mass is 236 g/mol. The molecule has 16 heavy (non-hydrogen) atoms. The molecule has 0 aliphatic carbocycles. The molecule has 0 aromatic heterocycles. The fourth-order valence-corrected chi connectivity index (χ4v) is 2.03. The Balaban J connectivity index is 4.48. The van der Waals surface area contributed by atoms with E-state index in [4.69, 9.17) is 15.3 Å². The molecule has 0 spiro atoms. The quantitative estimate of drug-likeness (QED) is 0.365. The summed E-state index contributed by atoms with van der Waals surface area (Å²) in [5.41, 5.74) is 0. The average Bonchev–Trinajstić information content (AvgIpc) is 2.27. The van der Waals surface area contributed by atoms with Crippen LogP contribution < -0.4 is 0 Å². The number of quaternary nitrogens is 1. The Labute approximate surface area is 97.5 Å². The standard InChI is InChI=1S/C11H26NO4/c1-2-3-4-12(5-7-13,6-8-14)9-11(16)10-15/h11,13-16H,2-10H2,1H3/q+1. The highest BCUT2D eigenvalue weighted by atomic mass is 16.3. The zero-order chi connectivity index (χ0) is 12.4. The number of unbranched alkanes of at least 4 members (excludes halogenated alkanes) is 1. The molecule has 0 aliphatic heterocycles. The van der Waals surface area contributed by atoms with E-state index in [-0.39, 0.29) is 19.8 Å². The minimum Gasteiger partial charge on any atom is -0.393 e. The predicted molar refractivity (Wildman–Crippen MR) is 61.9 cm³/mol. The summed E-state index contributed by atoms with van der Waals surface area (Å²) in [4.78, 5) is 0. The van der Waals surface area contributed by atoms with Crippen molar-refractivity contribution in [2.45, 2.75) is 25.9 Å². The van der Waals surface area contributed by atoms with Gasteiger partial charge < -0.3 is 24.9 Å². The summed E-state index contributed by atoms with van der Waals surface area (Å²) < 4.78 is 0.475. The van der Waals surface area contributed by atoms with Gasteiger partial charge in [0.15, 0.2) is 0 Å². The van der Waals surface area contributed by atoms with Gasteiger partial charge in [-0.2, -0.15) is 0 Å². The van der Waals surface area contributed by atoms with Gasteiger partial charge in [0.1, 0.15) is 25.7 Å². The van der Waals surface area contributed by atoms with E-state index in [1.54, 1.807) is 0 Å². The molecule has 0 bridgehead atoms. The third kappa shape index (κ3) is 5.77. The van der Waals surface area contributed by atoms with Crippen molar-refractivity contribution in [1.82, 2.24) is 0 Å². The first-order valence-electron chi connectivity index (χ1n) is 6.00. The largest absolute Gasteiger partial charge is 0.393 e. The Morgan fingerprint density at radius 1 is 1.00 bits per heavy atom. The topological polar surface area (TPSA) is 80.9 Å². The Hall–Kier alpha value is -0.200. The molecule has 1 atom stereocenters. The van der Waals surface area contributed by atoms with Crippen LogP contribution in [0.5, 0.6) is 0 Å². The SMILES string of the molecule is CCCC[N+](CCO)(CCO)CC(O)CO. The molecule has 0 heterocycles. The molecule has 0 fully saturated rings. The molecule has 0 aromatic rings. The van der Waals surface area contributed by atoms with E-state index in [0.29, 0.717) is 24.1 Å². The van der Waals surface area contributed by atoms with Crippen LogP contribution in [0.15, 0.2) is 0 Å². The van der Waals surface area contributed by atoms with Gasteiger partial charge in [0.25, 0.3) is 0 Å². The molecule has 0 rings (SSSR count). The Kier molecular flexibility index (Phi) is 8.78. The lowest BCUT2D eigenvalue weighted by atomic mass is 10.2. The summed E-state index contributed by atoms with van der Waals surface area (Å²) >= 11 is 0. The van der Waals surface area contributed by atoms with Crippen LogP contribution in [0.2, 0.25) is 0 Å². The van der Waals surface area contributed by atoms with Gasteiger partial charge >= 0.3 is 0 Å². The second-order valence-electron chi connectivity index (χ2n) is 4.33. The summed E-state index contributed by atoms with van der Waals surface area (Å²) in [6, 6.07) is 0. The molecule has 5 nitrogen and oxygen atoms in total. The van der Waals surface area contributed by atoms with E-state index < -0.39 is 6.10 Å². The van der Waals surface area contributed by atoms with Crippen molar-refractivity contribution in [2.75, 3.05) is 46.0 Å². The summed E-state index contributed by atoms with van der Waals surface area (Å²) in [6.07, 6.45) is 1.24.